The molecule has 130 valence electrons. The number of sulfonamides is 1. The minimum Gasteiger partial charge on any atom is -0.356 e. The first-order chi connectivity index (χ1) is 11.3. The van der Waals surface area contributed by atoms with Crippen LogP contribution >= 0.6 is 11.6 Å². The molecule has 0 fully saturated rings. The van der Waals surface area contributed by atoms with E-state index in [9.17, 15) is 13.2 Å². The van der Waals surface area contributed by atoms with E-state index >= 15 is 0 Å². The van der Waals surface area contributed by atoms with Crippen molar-refractivity contribution in [2.24, 2.45) is 0 Å². The zero-order valence-corrected chi connectivity index (χ0v) is 15.3. The summed E-state index contributed by atoms with van der Waals surface area (Å²) in [4.78, 5) is 15.1. The van der Waals surface area contributed by atoms with Crippen molar-refractivity contribution in [3.05, 3.63) is 46.7 Å². The quantitative estimate of drug-likeness (QED) is 0.819. The first kappa shape index (κ1) is 18.5. The highest BCUT2D eigenvalue weighted by Gasteiger charge is 2.24. The number of carbonyl (C=O) groups excluding carboxylic acids is 1. The molecule has 0 aliphatic carbocycles. The second-order valence-corrected chi connectivity index (χ2v) is 7.60. The van der Waals surface area contributed by atoms with Gasteiger partial charge < -0.3 is 10.3 Å². The Morgan fingerprint density at radius 1 is 1.25 bits per heavy atom. The van der Waals surface area contributed by atoms with E-state index in [1.54, 1.807) is 32.9 Å². The van der Waals surface area contributed by atoms with Crippen LogP contribution in [0.5, 0.6) is 0 Å². The van der Waals surface area contributed by atoms with E-state index in [4.69, 9.17) is 11.6 Å². The number of benzene rings is 1. The number of aromatic nitrogens is 1. The molecule has 0 saturated carbocycles. The monoisotopic (exact) mass is 369 g/mol. The van der Waals surface area contributed by atoms with Crippen LogP contribution in [-0.4, -0.2) is 36.7 Å². The number of carbonyl (C=O) groups is 1. The summed E-state index contributed by atoms with van der Waals surface area (Å²) in [5.74, 6) is -0.392. The molecular formula is C16H20ClN3O3S. The minimum absolute atomic E-state index is 0.188. The van der Waals surface area contributed by atoms with Gasteiger partial charge in [-0.2, -0.15) is 4.31 Å². The highest BCUT2D eigenvalue weighted by molar-refractivity contribution is 7.89. The molecule has 0 bridgehead atoms. The van der Waals surface area contributed by atoms with Crippen molar-refractivity contribution in [2.45, 2.75) is 25.7 Å². The number of aryl methyl sites for hydroxylation is 1. The van der Waals surface area contributed by atoms with Crippen molar-refractivity contribution < 1.29 is 13.2 Å². The third-order valence-electron chi connectivity index (χ3n) is 3.66. The molecule has 0 aliphatic heterocycles. The van der Waals surface area contributed by atoms with Gasteiger partial charge in [0.25, 0.3) is 5.91 Å². The number of H-pyrrole nitrogens is 1. The van der Waals surface area contributed by atoms with Crippen LogP contribution in [0.3, 0.4) is 0 Å². The summed E-state index contributed by atoms with van der Waals surface area (Å²) in [7, 11) is -3.60. The van der Waals surface area contributed by atoms with Gasteiger partial charge >= 0.3 is 0 Å². The number of hydrogen-bond donors (Lipinski definition) is 2. The normalized spacial score (nSPS) is 11.7. The van der Waals surface area contributed by atoms with Crippen molar-refractivity contribution in [1.82, 2.24) is 9.29 Å². The Bertz CT molecular complexity index is 842. The van der Waals surface area contributed by atoms with Gasteiger partial charge in [0.1, 0.15) is 5.69 Å². The lowest BCUT2D eigenvalue weighted by Crippen LogP contribution is -2.31. The first-order valence-corrected chi connectivity index (χ1v) is 9.37. The number of amides is 1. The number of hydrogen-bond acceptors (Lipinski definition) is 3. The van der Waals surface area contributed by atoms with Crippen molar-refractivity contribution in [3.63, 3.8) is 0 Å². The Morgan fingerprint density at radius 2 is 1.92 bits per heavy atom. The molecule has 24 heavy (non-hydrogen) atoms. The summed E-state index contributed by atoms with van der Waals surface area (Å²) in [6, 6.07) is 6.32. The van der Waals surface area contributed by atoms with Crippen molar-refractivity contribution >= 4 is 33.2 Å². The maximum Gasteiger partial charge on any atom is 0.272 e. The average Bonchev–Trinajstić information content (AvgIpc) is 2.96. The number of anilines is 1. The summed E-state index contributed by atoms with van der Waals surface area (Å²) < 4.78 is 26.8. The molecule has 1 amide bonds. The van der Waals surface area contributed by atoms with Gasteiger partial charge in [0.05, 0.1) is 9.92 Å². The van der Waals surface area contributed by atoms with Crippen LogP contribution in [0.1, 0.15) is 29.9 Å². The van der Waals surface area contributed by atoms with Crippen molar-refractivity contribution in [1.29, 1.82) is 0 Å². The van der Waals surface area contributed by atoms with Gasteiger partial charge in [-0.1, -0.05) is 31.5 Å². The molecule has 1 aromatic heterocycles. The molecule has 2 N–H and O–H groups in total. The molecule has 2 aromatic rings. The molecule has 1 aromatic carbocycles. The zero-order valence-electron chi connectivity index (χ0n) is 13.8. The summed E-state index contributed by atoms with van der Waals surface area (Å²) in [5, 5.41) is 3.10. The third-order valence-corrected chi connectivity index (χ3v) is 6.07. The standard InChI is InChI=1S/C16H20ClN3O3S/c1-4-20(5-2)24(22,23)15-9-13(7-6-11(15)3)19-16(21)14-8-12(17)10-18-14/h6-10,18H,4-5H2,1-3H3,(H,19,21). The average molecular weight is 370 g/mol. The smallest absolute Gasteiger partial charge is 0.272 e. The molecule has 0 atom stereocenters. The van der Waals surface area contributed by atoms with Crippen LogP contribution in [0.2, 0.25) is 5.02 Å². The maximum absolute atomic E-state index is 12.7. The fourth-order valence-corrected chi connectivity index (χ4v) is 4.23. The van der Waals surface area contributed by atoms with Crippen molar-refractivity contribution in [2.75, 3.05) is 18.4 Å². The van der Waals surface area contributed by atoms with E-state index in [0.717, 1.165) is 0 Å². The fourth-order valence-electron chi connectivity index (χ4n) is 2.36. The second kappa shape index (κ2) is 7.38. The molecular weight excluding hydrogens is 350 g/mol. The van der Waals surface area contributed by atoms with Gasteiger partial charge in [0.15, 0.2) is 0 Å². The van der Waals surface area contributed by atoms with E-state index in [2.05, 4.69) is 10.3 Å². The Balaban J connectivity index is 2.33. The minimum atomic E-state index is -3.60. The first-order valence-electron chi connectivity index (χ1n) is 7.55. The second-order valence-electron chi connectivity index (χ2n) is 5.26. The number of aromatic amines is 1. The summed E-state index contributed by atoms with van der Waals surface area (Å²) in [5.41, 5.74) is 1.33. The van der Waals surface area contributed by atoms with Gasteiger partial charge in [-0.15, -0.1) is 0 Å². The SMILES string of the molecule is CCN(CC)S(=O)(=O)c1cc(NC(=O)c2cc(Cl)c[nH]2)ccc1C. The van der Waals surface area contributed by atoms with Gasteiger partial charge in [0.2, 0.25) is 10.0 Å². The Hall–Kier alpha value is -1.83. The van der Waals surface area contributed by atoms with Gasteiger partial charge in [-0.25, -0.2) is 8.42 Å². The summed E-state index contributed by atoms with van der Waals surface area (Å²) >= 11 is 5.78. The van der Waals surface area contributed by atoms with Crippen molar-refractivity contribution in [3.8, 4) is 0 Å². The predicted molar refractivity (Wildman–Crippen MR) is 95.0 cm³/mol. The summed E-state index contributed by atoms with van der Waals surface area (Å²) in [6.07, 6.45) is 1.50. The molecule has 2 rings (SSSR count). The molecule has 0 aliphatic rings. The summed E-state index contributed by atoms with van der Waals surface area (Å²) in [6.45, 7) is 6.08. The van der Waals surface area contributed by atoms with E-state index < -0.39 is 15.9 Å². The molecule has 0 saturated heterocycles. The maximum atomic E-state index is 12.7. The highest BCUT2D eigenvalue weighted by atomic mass is 35.5. The zero-order chi connectivity index (χ0) is 17.9. The molecule has 1 heterocycles. The van der Waals surface area contributed by atoms with Crippen LogP contribution in [0, 0.1) is 6.92 Å². The molecule has 0 unspecified atom stereocenters. The van der Waals surface area contributed by atoms with Gasteiger partial charge in [-0.3, -0.25) is 4.79 Å². The number of nitrogens with zero attached hydrogens (tertiary/aromatic N) is 1. The Morgan fingerprint density at radius 3 is 2.46 bits per heavy atom. The van der Waals surface area contributed by atoms with Crippen LogP contribution in [-0.2, 0) is 10.0 Å². The number of rotatable bonds is 6. The molecule has 0 spiro atoms. The lowest BCUT2D eigenvalue weighted by atomic mass is 10.2. The van der Waals surface area contributed by atoms with Crippen LogP contribution in [0.4, 0.5) is 5.69 Å². The largest absolute Gasteiger partial charge is 0.356 e. The lowest BCUT2D eigenvalue weighted by molar-refractivity contribution is 0.102. The topological polar surface area (TPSA) is 82.3 Å². The van der Waals surface area contributed by atoms with E-state index in [1.807, 2.05) is 0 Å². The molecule has 0 radical (unpaired) electrons. The highest BCUT2D eigenvalue weighted by Crippen LogP contribution is 2.24. The number of nitrogens with one attached hydrogen (secondary N) is 2. The number of halogens is 1. The fraction of sp³-hybridized carbons (Fsp3) is 0.312. The Labute approximate surface area is 146 Å². The van der Waals surface area contributed by atoms with E-state index in [-0.39, 0.29) is 4.90 Å². The van der Waals surface area contributed by atoms with Gasteiger partial charge in [0, 0.05) is 25.0 Å². The van der Waals surface area contributed by atoms with E-state index in [0.29, 0.717) is 35.1 Å². The lowest BCUT2D eigenvalue weighted by Gasteiger charge is -2.20. The molecule has 6 nitrogen and oxygen atoms in total. The van der Waals surface area contributed by atoms with Gasteiger partial charge in [-0.05, 0) is 30.7 Å². The molecule has 8 heteroatoms. The van der Waals surface area contributed by atoms with E-state index in [1.165, 1.54) is 22.6 Å². The third kappa shape index (κ3) is 3.80. The predicted octanol–water partition coefficient (Wildman–Crippen LogP) is 3.26. The van der Waals surface area contributed by atoms with Crippen LogP contribution in [0.15, 0.2) is 35.4 Å². The van der Waals surface area contributed by atoms with Crippen LogP contribution in [0.25, 0.3) is 0 Å². The van der Waals surface area contributed by atoms with Crippen LogP contribution < -0.4 is 5.32 Å². The Kier molecular flexibility index (Phi) is 5.69.